The minimum absolute atomic E-state index is 0.279. The minimum atomic E-state index is -0.279. The number of hydrogen-bond acceptors (Lipinski definition) is 5. The van der Waals surface area contributed by atoms with Gasteiger partial charge in [-0.1, -0.05) is 17.3 Å². The highest BCUT2D eigenvalue weighted by Gasteiger charge is 2.13. The lowest BCUT2D eigenvalue weighted by Crippen LogP contribution is -2.17. The second kappa shape index (κ2) is 6.34. The SMILES string of the molecule is Cc1ccc(CN(C)Cc2nc(-c3ccc(C)c(F)c3)no2)o1. The van der Waals surface area contributed by atoms with Crippen LogP contribution >= 0.6 is 0 Å². The molecule has 0 amide bonds. The Hall–Kier alpha value is -2.47. The number of benzene rings is 1. The predicted molar refractivity (Wildman–Crippen MR) is 83.0 cm³/mol. The van der Waals surface area contributed by atoms with Gasteiger partial charge in [0.15, 0.2) is 0 Å². The summed E-state index contributed by atoms with van der Waals surface area (Å²) in [5.74, 6) is 2.35. The molecular formula is C17H18FN3O2. The fraction of sp³-hybridized carbons (Fsp3) is 0.294. The molecule has 0 spiro atoms. The fourth-order valence-corrected chi connectivity index (χ4v) is 2.29. The molecule has 3 aromatic rings. The highest BCUT2D eigenvalue weighted by molar-refractivity contribution is 5.54. The summed E-state index contributed by atoms with van der Waals surface area (Å²) in [5.41, 5.74) is 1.19. The third-order valence-corrected chi connectivity index (χ3v) is 3.53. The maximum Gasteiger partial charge on any atom is 0.241 e. The fourth-order valence-electron chi connectivity index (χ4n) is 2.29. The quantitative estimate of drug-likeness (QED) is 0.718. The van der Waals surface area contributed by atoms with Crippen molar-refractivity contribution in [1.29, 1.82) is 0 Å². The summed E-state index contributed by atoms with van der Waals surface area (Å²) in [6, 6.07) is 8.77. The molecule has 0 saturated carbocycles. The average Bonchev–Trinajstić information content (AvgIpc) is 3.11. The van der Waals surface area contributed by atoms with E-state index < -0.39 is 0 Å². The normalized spacial score (nSPS) is 11.3. The molecule has 6 heteroatoms. The van der Waals surface area contributed by atoms with E-state index in [0.29, 0.717) is 35.9 Å². The number of halogens is 1. The zero-order valence-electron chi connectivity index (χ0n) is 13.3. The van der Waals surface area contributed by atoms with Crippen molar-refractivity contribution >= 4 is 0 Å². The van der Waals surface area contributed by atoms with E-state index >= 15 is 0 Å². The predicted octanol–water partition coefficient (Wildman–Crippen LogP) is 3.72. The third kappa shape index (κ3) is 3.65. The van der Waals surface area contributed by atoms with Crippen LogP contribution in [0.4, 0.5) is 4.39 Å². The number of rotatable bonds is 5. The lowest BCUT2D eigenvalue weighted by Gasteiger charge is -2.11. The van der Waals surface area contributed by atoms with Crippen molar-refractivity contribution in [2.24, 2.45) is 0 Å². The van der Waals surface area contributed by atoms with Crippen LogP contribution in [0, 0.1) is 19.7 Å². The summed E-state index contributed by atoms with van der Waals surface area (Å²) >= 11 is 0. The molecule has 120 valence electrons. The average molecular weight is 315 g/mol. The molecule has 0 unspecified atom stereocenters. The molecule has 0 atom stereocenters. The van der Waals surface area contributed by atoms with Gasteiger partial charge in [-0.05, 0) is 44.7 Å². The van der Waals surface area contributed by atoms with Gasteiger partial charge in [0.05, 0.1) is 13.1 Å². The van der Waals surface area contributed by atoms with Crippen LogP contribution in [0.15, 0.2) is 39.3 Å². The Balaban J connectivity index is 1.67. The van der Waals surface area contributed by atoms with Crippen molar-refractivity contribution in [3.8, 4) is 11.4 Å². The lowest BCUT2D eigenvalue weighted by molar-refractivity contribution is 0.243. The second-order valence-corrected chi connectivity index (χ2v) is 5.66. The van der Waals surface area contributed by atoms with Gasteiger partial charge >= 0.3 is 0 Å². The number of furan rings is 1. The molecule has 0 N–H and O–H groups in total. The molecule has 1 aromatic carbocycles. The summed E-state index contributed by atoms with van der Waals surface area (Å²) in [6.45, 7) is 4.76. The molecule has 0 aliphatic carbocycles. The molecule has 5 nitrogen and oxygen atoms in total. The van der Waals surface area contributed by atoms with Crippen molar-refractivity contribution < 1.29 is 13.3 Å². The molecule has 3 rings (SSSR count). The molecule has 0 aliphatic rings. The number of aromatic nitrogens is 2. The monoisotopic (exact) mass is 315 g/mol. The van der Waals surface area contributed by atoms with Gasteiger partial charge in [-0.25, -0.2) is 4.39 Å². The molecule has 0 bridgehead atoms. The highest BCUT2D eigenvalue weighted by atomic mass is 19.1. The topological polar surface area (TPSA) is 55.3 Å². The summed E-state index contributed by atoms with van der Waals surface area (Å²) in [5, 5.41) is 3.92. The van der Waals surface area contributed by atoms with E-state index in [4.69, 9.17) is 8.94 Å². The molecule has 0 saturated heterocycles. The van der Waals surface area contributed by atoms with E-state index in [1.54, 1.807) is 19.1 Å². The molecule has 2 aromatic heterocycles. The maximum absolute atomic E-state index is 13.6. The van der Waals surface area contributed by atoms with Crippen LogP contribution in [0.2, 0.25) is 0 Å². The van der Waals surface area contributed by atoms with Crippen molar-refractivity contribution in [3.05, 3.63) is 59.1 Å². The van der Waals surface area contributed by atoms with Crippen LogP contribution < -0.4 is 0 Å². The van der Waals surface area contributed by atoms with Crippen LogP contribution in [0.1, 0.15) is 23.0 Å². The van der Waals surface area contributed by atoms with Gasteiger partial charge in [-0.2, -0.15) is 4.98 Å². The van der Waals surface area contributed by atoms with E-state index in [1.807, 2.05) is 31.0 Å². The summed E-state index contributed by atoms with van der Waals surface area (Å²) in [6.07, 6.45) is 0. The first kappa shape index (κ1) is 15.4. The standard InChI is InChI=1S/C17H18FN3O2/c1-11-4-6-13(8-15(11)18)17-19-16(23-20-17)10-21(3)9-14-7-5-12(2)22-14/h4-8H,9-10H2,1-3H3. The Kier molecular flexibility index (Phi) is 4.25. The molecule has 23 heavy (non-hydrogen) atoms. The Labute approximate surface area is 133 Å². The smallest absolute Gasteiger partial charge is 0.241 e. The van der Waals surface area contributed by atoms with Crippen molar-refractivity contribution in [2.45, 2.75) is 26.9 Å². The summed E-state index contributed by atoms with van der Waals surface area (Å²) in [7, 11) is 1.94. The van der Waals surface area contributed by atoms with Gasteiger partial charge in [-0.15, -0.1) is 0 Å². The van der Waals surface area contributed by atoms with Crippen molar-refractivity contribution in [2.75, 3.05) is 7.05 Å². The zero-order valence-corrected chi connectivity index (χ0v) is 13.3. The van der Waals surface area contributed by atoms with Crippen LogP contribution in [0.3, 0.4) is 0 Å². The van der Waals surface area contributed by atoms with E-state index in [9.17, 15) is 4.39 Å². The van der Waals surface area contributed by atoms with Crippen molar-refractivity contribution in [1.82, 2.24) is 15.0 Å². The van der Waals surface area contributed by atoms with Crippen LogP contribution in [0.5, 0.6) is 0 Å². The van der Waals surface area contributed by atoms with Crippen LogP contribution in [-0.2, 0) is 13.1 Å². The first-order valence-corrected chi connectivity index (χ1v) is 7.34. The van der Waals surface area contributed by atoms with E-state index in [1.165, 1.54) is 6.07 Å². The van der Waals surface area contributed by atoms with Gasteiger partial charge < -0.3 is 8.94 Å². The first-order valence-electron chi connectivity index (χ1n) is 7.34. The minimum Gasteiger partial charge on any atom is -0.465 e. The number of aryl methyl sites for hydroxylation is 2. The van der Waals surface area contributed by atoms with E-state index in [2.05, 4.69) is 10.1 Å². The Morgan fingerprint density at radius 2 is 1.96 bits per heavy atom. The number of nitrogens with zero attached hydrogens (tertiary/aromatic N) is 3. The Morgan fingerprint density at radius 3 is 2.65 bits per heavy atom. The maximum atomic E-state index is 13.6. The van der Waals surface area contributed by atoms with Gasteiger partial charge in [0.1, 0.15) is 17.3 Å². The molecule has 0 aliphatic heterocycles. The van der Waals surface area contributed by atoms with Gasteiger partial charge in [-0.3, -0.25) is 4.90 Å². The van der Waals surface area contributed by atoms with Gasteiger partial charge in [0, 0.05) is 5.56 Å². The lowest BCUT2D eigenvalue weighted by atomic mass is 10.1. The van der Waals surface area contributed by atoms with Gasteiger partial charge in [0.2, 0.25) is 11.7 Å². The molecular weight excluding hydrogens is 297 g/mol. The Morgan fingerprint density at radius 1 is 1.13 bits per heavy atom. The van der Waals surface area contributed by atoms with E-state index in [-0.39, 0.29) is 5.82 Å². The van der Waals surface area contributed by atoms with E-state index in [0.717, 1.165) is 11.5 Å². The first-order chi connectivity index (χ1) is 11.0. The zero-order chi connectivity index (χ0) is 16.4. The van der Waals surface area contributed by atoms with Crippen LogP contribution in [-0.4, -0.2) is 22.1 Å². The summed E-state index contributed by atoms with van der Waals surface area (Å²) < 4.78 is 24.4. The van der Waals surface area contributed by atoms with Crippen LogP contribution in [0.25, 0.3) is 11.4 Å². The Bertz CT molecular complexity index is 810. The number of hydrogen-bond donors (Lipinski definition) is 0. The summed E-state index contributed by atoms with van der Waals surface area (Å²) in [4.78, 5) is 6.33. The van der Waals surface area contributed by atoms with Crippen molar-refractivity contribution in [3.63, 3.8) is 0 Å². The molecule has 2 heterocycles. The molecule has 0 fully saturated rings. The molecule has 0 radical (unpaired) electrons. The second-order valence-electron chi connectivity index (χ2n) is 5.66. The largest absolute Gasteiger partial charge is 0.465 e. The highest BCUT2D eigenvalue weighted by Crippen LogP contribution is 2.19. The third-order valence-electron chi connectivity index (χ3n) is 3.53. The van der Waals surface area contributed by atoms with Gasteiger partial charge in [0.25, 0.3) is 0 Å².